The molecule has 2 rings (SSSR count). The standard InChI is InChI=1S/C11H21NO/c1-11(5-6-11)9-12(2)10-4-3-7-13-8-10/h10H,3-9H2,1-2H3. The number of nitrogens with zero attached hydrogens (tertiary/aromatic N) is 1. The van der Waals surface area contributed by atoms with E-state index >= 15 is 0 Å². The Labute approximate surface area is 81.3 Å². The molecule has 0 aromatic carbocycles. The van der Waals surface area contributed by atoms with Gasteiger partial charge in [-0.2, -0.15) is 0 Å². The van der Waals surface area contributed by atoms with Gasteiger partial charge in [0.05, 0.1) is 6.61 Å². The lowest BCUT2D eigenvalue weighted by Crippen LogP contribution is -2.41. The molecule has 2 heteroatoms. The molecular formula is C11H21NO. The predicted octanol–water partition coefficient (Wildman–Crippen LogP) is 1.90. The molecular weight excluding hydrogens is 162 g/mol. The van der Waals surface area contributed by atoms with Gasteiger partial charge in [0.2, 0.25) is 0 Å². The number of hydrogen-bond donors (Lipinski definition) is 0. The minimum atomic E-state index is 0.645. The van der Waals surface area contributed by atoms with Gasteiger partial charge in [0.1, 0.15) is 0 Å². The van der Waals surface area contributed by atoms with E-state index in [0.29, 0.717) is 11.5 Å². The Morgan fingerprint density at radius 2 is 2.23 bits per heavy atom. The summed E-state index contributed by atoms with van der Waals surface area (Å²) in [5.41, 5.74) is 0.645. The lowest BCUT2D eigenvalue weighted by Gasteiger charge is -2.32. The average Bonchev–Trinajstić information content (AvgIpc) is 2.85. The van der Waals surface area contributed by atoms with Gasteiger partial charge >= 0.3 is 0 Å². The van der Waals surface area contributed by atoms with Crippen molar-refractivity contribution in [1.82, 2.24) is 4.90 Å². The van der Waals surface area contributed by atoms with Crippen LogP contribution in [0.4, 0.5) is 0 Å². The van der Waals surface area contributed by atoms with Crippen molar-refractivity contribution < 1.29 is 4.74 Å². The van der Waals surface area contributed by atoms with E-state index in [1.165, 1.54) is 32.2 Å². The molecule has 0 radical (unpaired) electrons. The Morgan fingerprint density at radius 3 is 2.77 bits per heavy atom. The molecule has 1 atom stereocenters. The van der Waals surface area contributed by atoms with Crippen molar-refractivity contribution in [3.05, 3.63) is 0 Å². The second kappa shape index (κ2) is 3.58. The monoisotopic (exact) mass is 183 g/mol. The second-order valence-electron chi connectivity index (χ2n) is 5.10. The molecule has 0 aromatic rings. The highest BCUT2D eigenvalue weighted by molar-refractivity contribution is 4.92. The molecule has 1 saturated heterocycles. The zero-order valence-corrected chi connectivity index (χ0v) is 8.88. The Balaban J connectivity index is 1.77. The minimum absolute atomic E-state index is 0.645. The van der Waals surface area contributed by atoms with Crippen molar-refractivity contribution in [2.75, 3.05) is 26.8 Å². The zero-order valence-electron chi connectivity index (χ0n) is 8.88. The molecule has 1 heterocycles. The molecule has 1 aliphatic carbocycles. The quantitative estimate of drug-likeness (QED) is 0.662. The first-order valence-electron chi connectivity index (χ1n) is 5.48. The lowest BCUT2D eigenvalue weighted by atomic mass is 10.1. The van der Waals surface area contributed by atoms with Crippen LogP contribution in [0, 0.1) is 5.41 Å². The highest BCUT2D eigenvalue weighted by Crippen LogP contribution is 2.45. The van der Waals surface area contributed by atoms with Crippen LogP contribution in [0.2, 0.25) is 0 Å². The summed E-state index contributed by atoms with van der Waals surface area (Å²) in [5, 5.41) is 0. The van der Waals surface area contributed by atoms with E-state index in [-0.39, 0.29) is 0 Å². The molecule has 1 unspecified atom stereocenters. The molecule has 13 heavy (non-hydrogen) atoms. The van der Waals surface area contributed by atoms with Gasteiger partial charge in [0.15, 0.2) is 0 Å². The lowest BCUT2D eigenvalue weighted by molar-refractivity contribution is 0.0220. The second-order valence-corrected chi connectivity index (χ2v) is 5.10. The van der Waals surface area contributed by atoms with Crippen molar-refractivity contribution in [3.8, 4) is 0 Å². The van der Waals surface area contributed by atoms with E-state index in [2.05, 4.69) is 18.9 Å². The molecule has 0 amide bonds. The van der Waals surface area contributed by atoms with Crippen molar-refractivity contribution in [2.24, 2.45) is 5.41 Å². The number of ether oxygens (including phenoxy) is 1. The van der Waals surface area contributed by atoms with E-state index in [1.807, 2.05) is 0 Å². The van der Waals surface area contributed by atoms with Crippen LogP contribution in [0.15, 0.2) is 0 Å². The first-order valence-corrected chi connectivity index (χ1v) is 5.48. The maximum Gasteiger partial charge on any atom is 0.0621 e. The van der Waals surface area contributed by atoms with E-state index in [1.54, 1.807) is 0 Å². The van der Waals surface area contributed by atoms with E-state index < -0.39 is 0 Å². The van der Waals surface area contributed by atoms with Gasteiger partial charge in [-0.1, -0.05) is 6.92 Å². The summed E-state index contributed by atoms with van der Waals surface area (Å²) < 4.78 is 5.50. The largest absolute Gasteiger partial charge is 0.380 e. The van der Waals surface area contributed by atoms with E-state index in [0.717, 1.165) is 13.2 Å². The first-order chi connectivity index (χ1) is 6.20. The van der Waals surface area contributed by atoms with Crippen LogP contribution in [-0.2, 0) is 4.74 Å². The fourth-order valence-corrected chi connectivity index (χ4v) is 2.17. The molecule has 0 bridgehead atoms. The Bertz CT molecular complexity index is 171. The van der Waals surface area contributed by atoms with Crippen LogP contribution in [-0.4, -0.2) is 37.7 Å². The summed E-state index contributed by atoms with van der Waals surface area (Å²) in [6.07, 6.45) is 5.41. The van der Waals surface area contributed by atoms with Gasteiger partial charge < -0.3 is 9.64 Å². The van der Waals surface area contributed by atoms with Gasteiger partial charge in [-0.15, -0.1) is 0 Å². The summed E-state index contributed by atoms with van der Waals surface area (Å²) in [5.74, 6) is 0. The zero-order chi connectivity index (χ0) is 9.31. The minimum Gasteiger partial charge on any atom is -0.380 e. The smallest absolute Gasteiger partial charge is 0.0621 e. The maximum absolute atomic E-state index is 5.50. The van der Waals surface area contributed by atoms with Crippen LogP contribution in [0.1, 0.15) is 32.6 Å². The van der Waals surface area contributed by atoms with Crippen molar-refractivity contribution in [3.63, 3.8) is 0 Å². The number of rotatable bonds is 3. The average molecular weight is 183 g/mol. The third kappa shape index (κ3) is 2.44. The molecule has 0 spiro atoms. The fraction of sp³-hybridized carbons (Fsp3) is 1.00. The van der Waals surface area contributed by atoms with Gasteiger partial charge in [-0.05, 0) is 38.1 Å². The Morgan fingerprint density at radius 1 is 1.46 bits per heavy atom. The van der Waals surface area contributed by atoms with Gasteiger partial charge in [-0.3, -0.25) is 0 Å². The van der Waals surface area contributed by atoms with E-state index in [4.69, 9.17) is 4.74 Å². The first kappa shape index (κ1) is 9.47. The molecule has 1 aliphatic heterocycles. The van der Waals surface area contributed by atoms with Crippen molar-refractivity contribution in [2.45, 2.75) is 38.6 Å². The maximum atomic E-state index is 5.50. The summed E-state index contributed by atoms with van der Waals surface area (Å²) in [6, 6.07) is 0.686. The highest BCUT2D eigenvalue weighted by atomic mass is 16.5. The number of hydrogen-bond acceptors (Lipinski definition) is 2. The molecule has 2 aliphatic rings. The molecule has 2 nitrogen and oxygen atoms in total. The van der Waals surface area contributed by atoms with Gasteiger partial charge in [0.25, 0.3) is 0 Å². The fourth-order valence-electron chi connectivity index (χ4n) is 2.17. The van der Waals surface area contributed by atoms with Gasteiger partial charge in [0, 0.05) is 19.2 Å². The van der Waals surface area contributed by atoms with Crippen LogP contribution in [0.3, 0.4) is 0 Å². The van der Waals surface area contributed by atoms with Crippen LogP contribution in [0.5, 0.6) is 0 Å². The summed E-state index contributed by atoms with van der Waals surface area (Å²) in [4.78, 5) is 2.51. The summed E-state index contributed by atoms with van der Waals surface area (Å²) >= 11 is 0. The molecule has 2 fully saturated rings. The third-order valence-corrected chi connectivity index (χ3v) is 3.49. The van der Waals surface area contributed by atoms with Crippen LogP contribution >= 0.6 is 0 Å². The van der Waals surface area contributed by atoms with Crippen LogP contribution < -0.4 is 0 Å². The van der Waals surface area contributed by atoms with Crippen molar-refractivity contribution >= 4 is 0 Å². The molecule has 0 N–H and O–H groups in total. The highest BCUT2D eigenvalue weighted by Gasteiger charge is 2.39. The predicted molar refractivity (Wildman–Crippen MR) is 53.8 cm³/mol. The van der Waals surface area contributed by atoms with Crippen LogP contribution in [0.25, 0.3) is 0 Å². The topological polar surface area (TPSA) is 12.5 Å². The SMILES string of the molecule is CN(CC1(C)CC1)C1CCCOC1. The van der Waals surface area contributed by atoms with E-state index in [9.17, 15) is 0 Å². The normalized spacial score (nSPS) is 32.1. The summed E-state index contributed by atoms with van der Waals surface area (Å²) in [6.45, 7) is 5.59. The Hall–Kier alpha value is -0.0800. The van der Waals surface area contributed by atoms with Crippen molar-refractivity contribution in [1.29, 1.82) is 0 Å². The molecule has 1 saturated carbocycles. The summed E-state index contributed by atoms with van der Waals surface area (Å²) in [7, 11) is 2.25. The molecule has 76 valence electrons. The molecule has 0 aromatic heterocycles. The van der Waals surface area contributed by atoms with Gasteiger partial charge in [-0.25, -0.2) is 0 Å². The Kier molecular flexibility index (Phi) is 2.61. The number of likely N-dealkylation sites (N-methyl/N-ethyl adjacent to an activating group) is 1. The third-order valence-electron chi connectivity index (χ3n) is 3.49.